The largest absolute Gasteiger partial charge is 0.347 e. The SMILES string of the molecule is O=C1CCC(=O)N1c1nc2n(n1)C(c1ccccc1)CC(c1ccccc1)N2. The summed E-state index contributed by atoms with van der Waals surface area (Å²) < 4.78 is 1.79. The second-order valence-electron chi connectivity index (χ2n) is 7.07. The summed E-state index contributed by atoms with van der Waals surface area (Å²) in [4.78, 5) is 29.9. The highest BCUT2D eigenvalue weighted by molar-refractivity contribution is 6.18. The van der Waals surface area contributed by atoms with E-state index < -0.39 is 0 Å². The number of imide groups is 1. The molecule has 7 nitrogen and oxygen atoms in total. The summed E-state index contributed by atoms with van der Waals surface area (Å²) in [5, 5.41) is 7.97. The fourth-order valence-corrected chi connectivity index (χ4v) is 3.92. The molecule has 3 heterocycles. The van der Waals surface area contributed by atoms with Crippen molar-refractivity contribution >= 4 is 23.7 Å². The van der Waals surface area contributed by atoms with Crippen LogP contribution in [0.15, 0.2) is 60.7 Å². The van der Waals surface area contributed by atoms with E-state index in [-0.39, 0.29) is 42.7 Å². The highest BCUT2D eigenvalue weighted by atomic mass is 16.2. The van der Waals surface area contributed by atoms with Crippen LogP contribution in [0.5, 0.6) is 0 Å². The number of aromatic nitrogens is 3. The first-order valence-corrected chi connectivity index (χ1v) is 9.39. The van der Waals surface area contributed by atoms with Gasteiger partial charge in [-0.2, -0.15) is 4.98 Å². The summed E-state index contributed by atoms with van der Waals surface area (Å²) in [6.07, 6.45) is 1.21. The van der Waals surface area contributed by atoms with Crippen molar-refractivity contribution in [3.8, 4) is 0 Å². The van der Waals surface area contributed by atoms with Crippen molar-refractivity contribution in [2.45, 2.75) is 31.3 Å². The van der Waals surface area contributed by atoms with Crippen molar-refractivity contribution in [3.05, 3.63) is 71.8 Å². The summed E-state index contributed by atoms with van der Waals surface area (Å²) in [6, 6.07) is 20.3. The highest BCUT2D eigenvalue weighted by Crippen LogP contribution is 2.38. The van der Waals surface area contributed by atoms with E-state index in [4.69, 9.17) is 0 Å². The number of carbonyl (C=O) groups excluding carboxylic acids is 2. The Morgan fingerprint density at radius 2 is 1.46 bits per heavy atom. The number of rotatable bonds is 3. The van der Waals surface area contributed by atoms with Crippen molar-refractivity contribution in [2.24, 2.45) is 0 Å². The molecule has 140 valence electrons. The molecule has 2 aliphatic heterocycles. The molecule has 2 aromatic carbocycles. The van der Waals surface area contributed by atoms with Crippen LogP contribution in [0.4, 0.5) is 11.9 Å². The van der Waals surface area contributed by atoms with Crippen LogP contribution in [0, 0.1) is 0 Å². The molecule has 0 bridgehead atoms. The fourth-order valence-electron chi connectivity index (χ4n) is 3.92. The van der Waals surface area contributed by atoms with Gasteiger partial charge in [-0.25, -0.2) is 9.58 Å². The number of fused-ring (bicyclic) bond motifs is 1. The van der Waals surface area contributed by atoms with Crippen LogP contribution in [0.25, 0.3) is 0 Å². The van der Waals surface area contributed by atoms with Crippen LogP contribution in [-0.4, -0.2) is 26.6 Å². The van der Waals surface area contributed by atoms with Gasteiger partial charge in [-0.05, 0) is 17.5 Å². The number of hydrogen-bond acceptors (Lipinski definition) is 5. The first-order chi connectivity index (χ1) is 13.7. The fraction of sp³-hybridized carbons (Fsp3) is 0.238. The van der Waals surface area contributed by atoms with Gasteiger partial charge in [0.1, 0.15) is 0 Å². The molecule has 2 atom stereocenters. The summed E-state index contributed by atoms with van der Waals surface area (Å²) in [6.45, 7) is 0. The maximum absolute atomic E-state index is 12.1. The molecule has 2 unspecified atom stereocenters. The van der Waals surface area contributed by atoms with Crippen LogP contribution < -0.4 is 10.2 Å². The van der Waals surface area contributed by atoms with E-state index in [0.717, 1.165) is 22.4 Å². The quantitative estimate of drug-likeness (QED) is 0.714. The van der Waals surface area contributed by atoms with Crippen molar-refractivity contribution < 1.29 is 9.59 Å². The van der Waals surface area contributed by atoms with E-state index in [1.165, 1.54) is 0 Å². The third-order valence-electron chi connectivity index (χ3n) is 5.32. The Balaban J connectivity index is 1.58. The monoisotopic (exact) mass is 373 g/mol. The molecule has 1 saturated heterocycles. The van der Waals surface area contributed by atoms with E-state index in [1.807, 2.05) is 36.4 Å². The Labute approximate surface area is 162 Å². The number of nitrogens with one attached hydrogen (secondary N) is 1. The maximum Gasteiger partial charge on any atom is 0.260 e. The number of hydrogen-bond donors (Lipinski definition) is 1. The standard InChI is InChI=1S/C21H19N5O2/c27-18-11-12-19(28)25(18)21-23-20-22-16(14-7-3-1-4-8-14)13-17(26(20)24-21)15-9-5-2-6-10-15/h1-10,16-17H,11-13H2,(H,22,23,24). The van der Waals surface area contributed by atoms with Gasteiger partial charge < -0.3 is 5.32 Å². The van der Waals surface area contributed by atoms with Gasteiger partial charge in [-0.3, -0.25) is 9.59 Å². The van der Waals surface area contributed by atoms with Crippen molar-refractivity contribution in [2.75, 3.05) is 10.2 Å². The second kappa shape index (κ2) is 6.60. The summed E-state index contributed by atoms with van der Waals surface area (Å²) in [5.74, 6) is 0.230. The van der Waals surface area contributed by atoms with Gasteiger partial charge in [-0.1, -0.05) is 60.7 Å². The lowest BCUT2D eigenvalue weighted by atomic mass is 9.93. The Kier molecular flexibility index (Phi) is 3.93. The van der Waals surface area contributed by atoms with Crippen LogP contribution in [-0.2, 0) is 9.59 Å². The molecule has 0 saturated carbocycles. The van der Waals surface area contributed by atoms with Crippen molar-refractivity contribution in [1.82, 2.24) is 14.8 Å². The number of amides is 2. The number of nitrogens with zero attached hydrogens (tertiary/aromatic N) is 4. The second-order valence-corrected chi connectivity index (χ2v) is 7.07. The minimum atomic E-state index is -0.246. The van der Waals surface area contributed by atoms with Crippen LogP contribution >= 0.6 is 0 Å². The lowest BCUT2D eigenvalue weighted by molar-refractivity contribution is -0.121. The van der Waals surface area contributed by atoms with Gasteiger partial charge in [-0.15, -0.1) is 5.10 Å². The molecule has 28 heavy (non-hydrogen) atoms. The molecule has 0 spiro atoms. The molecule has 0 aliphatic carbocycles. The molecule has 3 aromatic rings. The Morgan fingerprint density at radius 3 is 2.11 bits per heavy atom. The summed E-state index contributed by atoms with van der Waals surface area (Å²) >= 11 is 0. The van der Waals surface area contributed by atoms with Crippen LogP contribution in [0.3, 0.4) is 0 Å². The summed E-state index contributed by atoms with van der Waals surface area (Å²) in [7, 11) is 0. The van der Waals surface area contributed by atoms with Crippen molar-refractivity contribution in [1.29, 1.82) is 0 Å². The average Bonchev–Trinajstić information content (AvgIpc) is 3.30. The molecule has 1 N–H and O–H groups in total. The molecular formula is C21H19N5O2. The molecule has 5 rings (SSSR count). The molecule has 1 aromatic heterocycles. The van der Waals surface area contributed by atoms with E-state index in [2.05, 4.69) is 39.7 Å². The Morgan fingerprint density at radius 1 is 0.857 bits per heavy atom. The molecule has 2 amide bonds. The van der Waals surface area contributed by atoms with Gasteiger partial charge in [0.15, 0.2) is 0 Å². The topological polar surface area (TPSA) is 80.1 Å². The van der Waals surface area contributed by atoms with E-state index >= 15 is 0 Å². The van der Waals surface area contributed by atoms with Gasteiger partial charge in [0, 0.05) is 12.8 Å². The smallest absolute Gasteiger partial charge is 0.260 e. The van der Waals surface area contributed by atoms with Gasteiger partial charge in [0.2, 0.25) is 17.8 Å². The zero-order valence-corrected chi connectivity index (χ0v) is 15.2. The molecule has 2 aliphatic rings. The minimum Gasteiger partial charge on any atom is -0.347 e. The third kappa shape index (κ3) is 2.76. The van der Waals surface area contributed by atoms with Crippen LogP contribution in [0.2, 0.25) is 0 Å². The number of anilines is 2. The average molecular weight is 373 g/mol. The zero-order chi connectivity index (χ0) is 19.1. The Bertz CT molecular complexity index is 1020. The Hall–Kier alpha value is -3.48. The normalized spacial score (nSPS) is 21.5. The molecule has 7 heteroatoms. The van der Waals surface area contributed by atoms with Crippen LogP contribution in [0.1, 0.15) is 42.5 Å². The van der Waals surface area contributed by atoms with Gasteiger partial charge in [0.25, 0.3) is 5.95 Å². The molecule has 0 radical (unpaired) electrons. The summed E-state index contributed by atoms with van der Waals surface area (Å²) in [5.41, 5.74) is 2.27. The lowest BCUT2D eigenvalue weighted by Gasteiger charge is -2.31. The minimum absolute atomic E-state index is 0.0447. The predicted molar refractivity (Wildman–Crippen MR) is 104 cm³/mol. The molecule has 1 fully saturated rings. The number of benzene rings is 2. The van der Waals surface area contributed by atoms with Gasteiger partial charge in [0.05, 0.1) is 12.1 Å². The predicted octanol–water partition coefficient (Wildman–Crippen LogP) is 3.08. The highest BCUT2D eigenvalue weighted by Gasteiger charge is 2.37. The third-order valence-corrected chi connectivity index (χ3v) is 5.32. The zero-order valence-electron chi connectivity index (χ0n) is 15.2. The van der Waals surface area contributed by atoms with E-state index in [9.17, 15) is 9.59 Å². The maximum atomic E-state index is 12.1. The first-order valence-electron chi connectivity index (χ1n) is 9.39. The van der Waals surface area contributed by atoms with Crippen molar-refractivity contribution in [3.63, 3.8) is 0 Å². The van der Waals surface area contributed by atoms with Gasteiger partial charge >= 0.3 is 0 Å². The lowest BCUT2D eigenvalue weighted by Crippen LogP contribution is -2.30. The van der Waals surface area contributed by atoms with E-state index in [0.29, 0.717) is 5.95 Å². The first kappa shape index (κ1) is 16.7. The molecular weight excluding hydrogens is 354 g/mol. The number of carbonyl (C=O) groups is 2. The van der Waals surface area contributed by atoms with E-state index in [1.54, 1.807) is 4.68 Å².